The zero-order valence-electron chi connectivity index (χ0n) is 10.8. The highest BCUT2D eigenvalue weighted by molar-refractivity contribution is 9.10. The Bertz CT molecular complexity index is 615. The van der Waals surface area contributed by atoms with E-state index in [1.54, 1.807) is 17.4 Å². The van der Waals surface area contributed by atoms with Gasteiger partial charge in [0.2, 0.25) is 0 Å². The number of hydrogen-bond acceptors (Lipinski definition) is 4. The van der Waals surface area contributed by atoms with Gasteiger partial charge in [-0.15, -0.1) is 11.3 Å². The maximum atomic E-state index is 8.84. The third-order valence-electron chi connectivity index (χ3n) is 2.76. The Morgan fingerprint density at radius 2 is 2.32 bits per heavy atom. The second kappa shape index (κ2) is 6.18. The number of nitrogens with zero attached hydrogens (tertiary/aromatic N) is 2. The molecule has 0 bridgehead atoms. The van der Waals surface area contributed by atoms with Gasteiger partial charge in [-0.25, -0.2) is 4.98 Å². The standard InChI is InChI=1S/C14H14BrN3S/c1-3-11-8-17-14(19-11)9(2)18-13-5-4-10(7-16)6-12(13)15/h4-6,8-9,18H,3H2,1-2H3. The SMILES string of the molecule is CCc1cnc(C(C)Nc2ccc(C#N)cc2Br)s1. The van der Waals surface area contributed by atoms with Crippen molar-refractivity contribution in [1.82, 2.24) is 4.98 Å². The summed E-state index contributed by atoms with van der Waals surface area (Å²) in [5.41, 5.74) is 1.62. The van der Waals surface area contributed by atoms with Crippen molar-refractivity contribution in [2.75, 3.05) is 5.32 Å². The van der Waals surface area contributed by atoms with E-state index >= 15 is 0 Å². The zero-order valence-corrected chi connectivity index (χ0v) is 13.2. The van der Waals surface area contributed by atoms with E-state index in [1.807, 2.05) is 18.3 Å². The minimum atomic E-state index is 0.148. The van der Waals surface area contributed by atoms with E-state index in [1.165, 1.54) is 4.88 Å². The number of aromatic nitrogens is 1. The first-order valence-corrected chi connectivity index (χ1v) is 7.65. The van der Waals surface area contributed by atoms with Crippen LogP contribution in [0.5, 0.6) is 0 Å². The number of anilines is 1. The summed E-state index contributed by atoms with van der Waals surface area (Å²) in [6, 6.07) is 7.80. The monoisotopic (exact) mass is 335 g/mol. The second-order valence-electron chi connectivity index (χ2n) is 4.19. The molecule has 0 radical (unpaired) electrons. The van der Waals surface area contributed by atoms with Crippen molar-refractivity contribution in [2.45, 2.75) is 26.3 Å². The lowest BCUT2D eigenvalue weighted by atomic mass is 10.2. The molecule has 1 atom stereocenters. The van der Waals surface area contributed by atoms with Gasteiger partial charge in [-0.3, -0.25) is 0 Å². The Morgan fingerprint density at radius 3 is 2.89 bits per heavy atom. The molecule has 0 fully saturated rings. The first-order chi connectivity index (χ1) is 9.13. The normalized spacial score (nSPS) is 11.9. The van der Waals surface area contributed by atoms with E-state index in [4.69, 9.17) is 5.26 Å². The van der Waals surface area contributed by atoms with E-state index < -0.39 is 0 Å². The minimum absolute atomic E-state index is 0.148. The molecule has 0 spiro atoms. The van der Waals surface area contributed by atoms with E-state index in [0.717, 1.165) is 21.6 Å². The smallest absolute Gasteiger partial charge is 0.115 e. The van der Waals surface area contributed by atoms with Gasteiger partial charge in [-0.1, -0.05) is 6.92 Å². The zero-order chi connectivity index (χ0) is 13.8. The summed E-state index contributed by atoms with van der Waals surface area (Å²) in [7, 11) is 0. The molecule has 98 valence electrons. The van der Waals surface area contributed by atoms with Crippen LogP contribution in [0, 0.1) is 11.3 Å². The molecule has 0 aliphatic heterocycles. The van der Waals surface area contributed by atoms with E-state index in [2.05, 4.69) is 46.1 Å². The molecular formula is C14H14BrN3S. The molecule has 0 saturated carbocycles. The van der Waals surface area contributed by atoms with Crippen molar-refractivity contribution in [3.63, 3.8) is 0 Å². The van der Waals surface area contributed by atoms with Gasteiger partial charge < -0.3 is 5.32 Å². The molecule has 1 heterocycles. The average molecular weight is 336 g/mol. The van der Waals surface area contributed by atoms with Gasteiger partial charge in [0.25, 0.3) is 0 Å². The number of benzene rings is 1. The number of rotatable bonds is 4. The van der Waals surface area contributed by atoms with Crippen LogP contribution in [0.2, 0.25) is 0 Å². The number of aryl methyl sites for hydroxylation is 1. The van der Waals surface area contributed by atoms with Crippen LogP contribution in [-0.2, 0) is 6.42 Å². The van der Waals surface area contributed by atoms with Crippen LogP contribution < -0.4 is 5.32 Å². The summed E-state index contributed by atoms with van der Waals surface area (Å²) in [6.07, 6.45) is 2.96. The molecule has 19 heavy (non-hydrogen) atoms. The summed E-state index contributed by atoms with van der Waals surface area (Å²) in [6.45, 7) is 4.22. The number of thiazole rings is 1. The predicted molar refractivity (Wildman–Crippen MR) is 82.4 cm³/mol. The second-order valence-corrected chi connectivity index (χ2v) is 6.19. The third kappa shape index (κ3) is 3.34. The molecule has 5 heteroatoms. The average Bonchev–Trinajstić information content (AvgIpc) is 2.90. The molecule has 1 aromatic heterocycles. The van der Waals surface area contributed by atoms with Crippen LogP contribution in [0.1, 0.15) is 35.3 Å². The fourth-order valence-corrected chi connectivity index (χ4v) is 3.04. The van der Waals surface area contributed by atoms with Crippen molar-refractivity contribution < 1.29 is 0 Å². The van der Waals surface area contributed by atoms with Crippen LogP contribution in [-0.4, -0.2) is 4.98 Å². The fourth-order valence-electron chi connectivity index (χ4n) is 1.68. The molecular weight excluding hydrogens is 322 g/mol. The maximum Gasteiger partial charge on any atom is 0.115 e. The van der Waals surface area contributed by atoms with Gasteiger partial charge >= 0.3 is 0 Å². The van der Waals surface area contributed by atoms with E-state index in [9.17, 15) is 0 Å². The van der Waals surface area contributed by atoms with E-state index in [0.29, 0.717) is 5.56 Å². The van der Waals surface area contributed by atoms with Crippen LogP contribution in [0.25, 0.3) is 0 Å². The summed E-state index contributed by atoms with van der Waals surface area (Å²) in [5, 5.41) is 13.3. The molecule has 0 aliphatic rings. The van der Waals surface area contributed by atoms with Crippen molar-refractivity contribution in [1.29, 1.82) is 5.26 Å². The van der Waals surface area contributed by atoms with Gasteiger partial charge in [-0.2, -0.15) is 5.26 Å². The van der Waals surface area contributed by atoms with Crippen molar-refractivity contribution in [3.05, 3.63) is 44.3 Å². The van der Waals surface area contributed by atoms with Gasteiger partial charge in [0.15, 0.2) is 0 Å². The van der Waals surface area contributed by atoms with Crippen molar-refractivity contribution >= 4 is 33.0 Å². The molecule has 2 aromatic rings. The van der Waals surface area contributed by atoms with Gasteiger partial charge in [0.05, 0.1) is 17.7 Å². The van der Waals surface area contributed by atoms with Gasteiger partial charge in [0.1, 0.15) is 5.01 Å². The lowest BCUT2D eigenvalue weighted by molar-refractivity contribution is 0.868. The van der Waals surface area contributed by atoms with Crippen LogP contribution in [0.3, 0.4) is 0 Å². The Kier molecular flexibility index (Phi) is 4.56. The Balaban J connectivity index is 2.14. The summed E-state index contributed by atoms with van der Waals surface area (Å²) < 4.78 is 0.894. The topological polar surface area (TPSA) is 48.7 Å². The fraction of sp³-hybridized carbons (Fsp3) is 0.286. The lowest BCUT2D eigenvalue weighted by Crippen LogP contribution is -2.06. The molecule has 1 unspecified atom stereocenters. The van der Waals surface area contributed by atoms with Crippen molar-refractivity contribution in [2.24, 2.45) is 0 Å². The maximum absolute atomic E-state index is 8.84. The first kappa shape index (κ1) is 14.0. The Morgan fingerprint density at radius 1 is 1.53 bits per heavy atom. The van der Waals surface area contributed by atoms with Crippen molar-refractivity contribution in [3.8, 4) is 6.07 Å². The predicted octanol–water partition coefficient (Wildman–Crippen LogP) is 4.51. The van der Waals surface area contributed by atoms with E-state index in [-0.39, 0.29) is 6.04 Å². The molecule has 0 saturated heterocycles. The van der Waals surface area contributed by atoms with Crippen LogP contribution in [0.4, 0.5) is 5.69 Å². The lowest BCUT2D eigenvalue weighted by Gasteiger charge is -2.14. The highest BCUT2D eigenvalue weighted by atomic mass is 79.9. The molecule has 2 rings (SSSR count). The molecule has 0 amide bonds. The highest BCUT2D eigenvalue weighted by Crippen LogP contribution is 2.29. The van der Waals surface area contributed by atoms with Gasteiger partial charge in [0, 0.05) is 21.2 Å². The summed E-state index contributed by atoms with van der Waals surface area (Å²) in [5.74, 6) is 0. The largest absolute Gasteiger partial charge is 0.375 e. The van der Waals surface area contributed by atoms with Gasteiger partial charge in [-0.05, 0) is 47.5 Å². The number of hydrogen-bond donors (Lipinski definition) is 1. The highest BCUT2D eigenvalue weighted by Gasteiger charge is 2.11. The minimum Gasteiger partial charge on any atom is -0.375 e. The molecule has 0 aliphatic carbocycles. The quantitative estimate of drug-likeness (QED) is 0.893. The van der Waals surface area contributed by atoms with Crippen LogP contribution >= 0.6 is 27.3 Å². The summed E-state index contributed by atoms with van der Waals surface area (Å²) in [4.78, 5) is 5.73. The number of nitriles is 1. The summed E-state index contributed by atoms with van der Waals surface area (Å²) >= 11 is 5.21. The Hall–Kier alpha value is -1.38. The number of nitrogens with one attached hydrogen (secondary N) is 1. The molecule has 3 nitrogen and oxygen atoms in total. The number of halogens is 1. The molecule has 1 aromatic carbocycles. The van der Waals surface area contributed by atoms with Crippen LogP contribution in [0.15, 0.2) is 28.9 Å². The third-order valence-corrected chi connectivity index (χ3v) is 4.74. The molecule has 1 N–H and O–H groups in total. The Labute approximate surface area is 125 Å². The first-order valence-electron chi connectivity index (χ1n) is 6.04.